The van der Waals surface area contributed by atoms with Crippen molar-refractivity contribution in [1.29, 1.82) is 0 Å². The molecule has 0 saturated carbocycles. The van der Waals surface area contributed by atoms with Crippen molar-refractivity contribution in [2.24, 2.45) is 0 Å². The van der Waals surface area contributed by atoms with Crippen molar-refractivity contribution in [2.75, 3.05) is 19.7 Å². The van der Waals surface area contributed by atoms with Crippen molar-refractivity contribution in [1.82, 2.24) is 4.90 Å². The van der Waals surface area contributed by atoms with Gasteiger partial charge in [-0.15, -0.1) is 0 Å². The number of benzene rings is 1. The lowest BCUT2D eigenvalue weighted by molar-refractivity contribution is -0.143. The maximum atomic E-state index is 12.9. The molecule has 0 spiro atoms. The Labute approximate surface area is 158 Å². The normalized spacial score (nSPS) is 11.3. The third kappa shape index (κ3) is 7.59. The van der Waals surface area contributed by atoms with Gasteiger partial charge in [-0.05, 0) is 36.5 Å². The van der Waals surface area contributed by atoms with E-state index in [1.807, 2.05) is 24.3 Å². The molecule has 1 aromatic rings. The van der Waals surface area contributed by atoms with Crippen molar-refractivity contribution >= 4 is 11.9 Å². The minimum absolute atomic E-state index is 0.00810. The molecule has 0 aliphatic heterocycles. The molecule has 0 radical (unpaired) electrons. The van der Waals surface area contributed by atoms with Gasteiger partial charge >= 0.3 is 5.97 Å². The van der Waals surface area contributed by atoms with E-state index in [-0.39, 0.29) is 23.7 Å². The number of rotatable bonds is 10. The molecule has 0 saturated heterocycles. The molecule has 0 fully saturated rings. The van der Waals surface area contributed by atoms with Gasteiger partial charge in [0.15, 0.2) is 0 Å². The predicted molar refractivity (Wildman–Crippen MR) is 106 cm³/mol. The fourth-order valence-corrected chi connectivity index (χ4v) is 2.80. The van der Waals surface area contributed by atoms with Gasteiger partial charge in [-0.25, -0.2) is 0 Å². The molecule has 0 bridgehead atoms. The summed E-state index contributed by atoms with van der Waals surface area (Å²) in [5.74, 6) is -0.256. The van der Waals surface area contributed by atoms with Gasteiger partial charge in [0.1, 0.15) is 0 Å². The minimum atomic E-state index is -0.248. The number of unbranched alkanes of at least 4 members (excludes halogenated alkanes) is 3. The molecule has 4 heteroatoms. The smallest absolute Gasteiger partial charge is 0.307 e. The maximum Gasteiger partial charge on any atom is 0.307 e. The summed E-state index contributed by atoms with van der Waals surface area (Å²) in [6.07, 6.45) is 4.63. The molecule has 0 heterocycles. The first kappa shape index (κ1) is 22.2. The Hall–Kier alpha value is -1.84. The number of carbonyl (C=O) groups excluding carboxylic acids is 2. The summed E-state index contributed by atoms with van der Waals surface area (Å²) < 4.78 is 5.00. The first-order valence-corrected chi connectivity index (χ1v) is 9.85. The highest BCUT2D eigenvalue weighted by Crippen LogP contribution is 2.22. The second-order valence-electron chi connectivity index (χ2n) is 7.74. The molecule has 0 atom stereocenters. The summed E-state index contributed by atoms with van der Waals surface area (Å²) in [5.41, 5.74) is 1.94. The maximum absolute atomic E-state index is 12.9. The Morgan fingerprint density at radius 2 is 1.62 bits per heavy atom. The average molecular weight is 362 g/mol. The fourth-order valence-electron chi connectivity index (χ4n) is 2.80. The van der Waals surface area contributed by atoms with Crippen LogP contribution in [0.4, 0.5) is 0 Å². The highest BCUT2D eigenvalue weighted by molar-refractivity contribution is 5.94. The molecule has 4 nitrogen and oxygen atoms in total. The number of ether oxygens (including phenoxy) is 1. The highest BCUT2D eigenvalue weighted by atomic mass is 16.5. The van der Waals surface area contributed by atoms with E-state index in [4.69, 9.17) is 4.74 Å². The minimum Gasteiger partial charge on any atom is -0.466 e. The predicted octanol–water partition coefficient (Wildman–Crippen LogP) is 4.96. The number of esters is 1. The van der Waals surface area contributed by atoms with Crippen LogP contribution in [-0.2, 0) is 14.9 Å². The van der Waals surface area contributed by atoms with Crippen LogP contribution < -0.4 is 0 Å². The lowest BCUT2D eigenvalue weighted by atomic mass is 9.86. The van der Waals surface area contributed by atoms with Crippen LogP contribution in [0.15, 0.2) is 24.3 Å². The molecule has 0 aliphatic rings. The summed E-state index contributed by atoms with van der Waals surface area (Å²) >= 11 is 0. The molecule has 0 aliphatic carbocycles. The second-order valence-corrected chi connectivity index (χ2v) is 7.74. The van der Waals surface area contributed by atoms with Crippen molar-refractivity contribution in [3.63, 3.8) is 0 Å². The highest BCUT2D eigenvalue weighted by Gasteiger charge is 2.19. The van der Waals surface area contributed by atoms with Crippen LogP contribution in [0, 0.1) is 0 Å². The first-order valence-electron chi connectivity index (χ1n) is 9.85. The van der Waals surface area contributed by atoms with Gasteiger partial charge in [0.05, 0.1) is 13.0 Å². The number of carbonyl (C=O) groups is 2. The zero-order valence-corrected chi connectivity index (χ0v) is 17.1. The lowest BCUT2D eigenvalue weighted by Gasteiger charge is -2.23. The Balaban J connectivity index is 2.79. The standard InChI is InChI=1S/C22H35NO3/c1-6-8-9-10-16-23(17-15-20(24)26-7-2)21(25)18-11-13-19(14-12-18)22(3,4)5/h11-14H,6-10,15-17H2,1-5H3. The average Bonchev–Trinajstić information content (AvgIpc) is 2.60. The summed E-state index contributed by atoms with van der Waals surface area (Å²) in [4.78, 5) is 26.4. The largest absolute Gasteiger partial charge is 0.466 e. The van der Waals surface area contributed by atoms with E-state index in [9.17, 15) is 9.59 Å². The fraction of sp³-hybridized carbons (Fsp3) is 0.636. The second kappa shape index (κ2) is 11.0. The number of amides is 1. The van der Waals surface area contributed by atoms with E-state index in [1.54, 1.807) is 11.8 Å². The topological polar surface area (TPSA) is 46.6 Å². The number of hydrogen-bond acceptors (Lipinski definition) is 3. The van der Waals surface area contributed by atoms with Gasteiger partial charge in [0.25, 0.3) is 5.91 Å². The van der Waals surface area contributed by atoms with Gasteiger partial charge in [0, 0.05) is 18.7 Å². The SMILES string of the molecule is CCCCCCN(CCC(=O)OCC)C(=O)c1ccc(C(C)(C)C)cc1. The van der Waals surface area contributed by atoms with Gasteiger partial charge in [-0.3, -0.25) is 9.59 Å². The summed E-state index contributed by atoms with van der Waals surface area (Å²) in [6.45, 7) is 11.9. The zero-order valence-electron chi connectivity index (χ0n) is 17.1. The molecule has 0 unspecified atom stereocenters. The quantitative estimate of drug-likeness (QED) is 0.437. The summed E-state index contributed by atoms with van der Waals surface area (Å²) in [6, 6.07) is 7.83. The summed E-state index contributed by atoms with van der Waals surface area (Å²) in [5, 5.41) is 0. The molecule has 146 valence electrons. The number of hydrogen-bond donors (Lipinski definition) is 0. The van der Waals surface area contributed by atoms with E-state index in [0.29, 0.717) is 25.3 Å². The monoisotopic (exact) mass is 361 g/mol. The molecule has 26 heavy (non-hydrogen) atoms. The van der Waals surface area contributed by atoms with Gasteiger partial charge in [0.2, 0.25) is 0 Å². The van der Waals surface area contributed by atoms with Crippen LogP contribution in [0.5, 0.6) is 0 Å². The van der Waals surface area contributed by atoms with E-state index >= 15 is 0 Å². The van der Waals surface area contributed by atoms with Crippen LogP contribution in [0.1, 0.15) is 82.6 Å². The Morgan fingerprint density at radius 3 is 2.15 bits per heavy atom. The molecule has 1 aromatic carbocycles. The van der Waals surface area contributed by atoms with Gasteiger partial charge < -0.3 is 9.64 Å². The molecular weight excluding hydrogens is 326 g/mol. The third-order valence-corrected chi connectivity index (χ3v) is 4.46. The van der Waals surface area contributed by atoms with Crippen molar-refractivity contribution in [3.05, 3.63) is 35.4 Å². The van der Waals surface area contributed by atoms with Crippen molar-refractivity contribution < 1.29 is 14.3 Å². The molecule has 1 amide bonds. The summed E-state index contributed by atoms with van der Waals surface area (Å²) in [7, 11) is 0. The molecule has 0 aromatic heterocycles. The van der Waals surface area contributed by atoms with E-state index in [0.717, 1.165) is 19.3 Å². The van der Waals surface area contributed by atoms with E-state index in [2.05, 4.69) is 27.7 Å². The molecule has 0 N–H and O–H groups in total. The zero-order chi connectivity index (χ0) is 19.6. The van der Waals surface area contributed by atoms with E-state index in [1.165, 1.54) is 12.0 Å². The van der Waals surface area contributed by atoms with Crippen LogP contribution in [0.25, 0.3) is 0 Å². The Bertz CT molecular complexity index is 558. The molecule has 1 rings (SSSR count). The third-order valence-electron chi connectivity index (χ3n) is 4.46. The molecular formula is C22H35NO3. The van der Waals surface area contributed by atoms with Crippen LogP contribution in [0.2, 0.25) is 0 Å². The Morgan fingerprint density at radius 1 is 0.962 bits per heavy atom. The van der Waals surface area contributed by atoms with Crippen LogP contribution >= 0.6 is 0 Å². The van der Waals surface area contributed by atoms with Gasteiger partial charge in [-0.1, -0.05) is 59.1 Å². The van der Waals surface area contributed by atoms with Gasteiger partial charge in [-0.2, -0.15) is 0 Å². The number of nitrogens with zero attached hydrogens (tertiary/aromatic N) is 1. The lowest BCUT2D eigenvalue weighted by Crippen LogP contribution is -2.34. The van der Waals surface area contributed by atoms with Crippen molar-refractivity contribution in [2.45, 2.75) is 72.1 Å². The van der Waals surface area contributed by atoms with Crippen LogP contribution in [0.3, 0.4) is 0 Å². The van der Waals surface area contributed by atoms with Crippen LogP contribution in [-0.4, -0.2) is 36.5 Å². The van der Waals surface area contributed by atoms with Crippen molar-refractivity contribution in [3.8, 4) is 0 Å². The van der Waals surface area contributed by atoms with E-state index < -0.39 is 0 Å². The first-order chi connectivity index (χ1) is 12.3. The Kier molecular flexibility index (Phi) is 9.39.